The van der Waals surface area contributed by atoms with Gasteiger partial charge in [0.2, 0.25) is 0 Å². The van der Waals surface area contributed by atoms with E-state index in [2.05, 4.69) is 24.3 Å². The van der Waals surface area contributed by atoms with Crippen LogP contribution in [0.5, 0.6) is 0 Å². The molecular weight excluding hydrogens is 370 g/mol. The number of carboxylic acid groups (broad SMARTS) is 1. The Labute approximate surface area is 170 Å². The van der Waals surface area contributed by atoms with Crippen molar-refractivity contribution in [3.05, 3.63) is 59.7 Å². The second-order valence-electron chi connectivity index (χ2n) is 7.69. The normalized spacial score (nSPS) is 22.3. The van der Waals surface area contributed by atoms with Crippen LogP contribution in [0.1, 0.15) is 36.8 Å². The first kappa shape index (κ1) is 19.5. The summed E-state index contributed by atoms with van der Waals surface area (Å²) in [6.45, 7) is 2.56. The van der Waals surface area contributed by atoms with Gasteiger partial charge in [-0.3, -0.25) is 4.90 Å². The van der Waals surface area contributed by atoms with Crippen molar-refractivity contribution in [2.24, 2.45) is 0 Å². The van der Waals surface area contributed by atoms with Crippen LogP contribution in [-0.2, 0) is 14.3 Å². The number of likely N-dealkylation sites (N-methyl/N-ethyl adjacent to an activating group) is 1. The topological polar surface area (TPSA) is 76.1 Å². The summed E-state index contributed by atoms with van der Waals surface area (Å²) in [6, 6.07) is 16.2. The molecule has 0 heterocycles. The largest absolute Gasteiger partial charge is 0.479 e. The number of rotatable bonds is 6. The molecule has 0 spiro atoms. The Kier molecular flexibility index (Phi) is 5.04. The van der Waals surface area contributed by atoms with Gasteiger partial charge in [0.1, 0.15) is 12.1 Å². The zero-order valence-electron chi connectivity index (χ0n) is 16.6. The van der Waals surface area contributed by atoms with Crippen molar-refractivity contribution >= 4 is 12.1 Å². The van der Waals surface area contributed by atoms with Crippen LogP contribution in [0.25, 0.3) is 11.1 Å². The molecule has 0 radical (unpaired) electrons. The fraction of sp³-hybridized carbons (Fsp3) is 0.391. The fourth-order valence-corrected chi connectivity index (χ4v) is 4.50. The number of benzene rings is 2. The second kappa shape index (κ2) is 7.52. The molecule has 152 valence electrons. The summed E-state index contributed by atoms with van der Waals surface area (Å²) in [6.07, 6.45) is -0.211. The predicted octanol–water partition coefficient (Wildman–Crippen LogP) is 3.89. The third kappa shape index (κ3) is 3.17. The number of carbonyl (C=O) groups excluding carboxylic acids is 1. The SMILES string of the molecule is CCOC1CC(C(=O)O)(N(C)C(=O)OCC2c3ccccc3-c3ccccc32)C1. The van der Waals surface area contributed by atoms with Crippen molar-refractivity contribution in [1.29, 1.82) is 0 Å². The number of ether oxygens (including phenoxy) is 2. The summed E-state index contributed by atoms with van der Waals surface area (Å²) in [7, 11) is 1.50. The van der Waals surface area contributed by atoms with E-state index < -0.39 is 17.6 Å². The average Bonchev–Trinajstić information content (AvgIpc) is 3.01. The molecule has 1 fully saturated rings. The van der Waals surface area contributed by atoms with Crippen LogP contribution in [0.3, 0.4) is 0 Å². The number of aliphatic carboxylic acids is 1. The Balaban J connectivity index is 1.48. The van der Waals surface area contributed by atoms with Gasteiger partial charge in [0.25, 0.3) is 0 Å². The summed E-state index contributed by atoms with van der Waals surface area (Å²) >= 11 is 0. The van der Waals surface area contributed by atoms with Crippen molar-refractivity contribution in [2.45, 2.75) is 37.3 Å². The van der Waals surface area contributed by atoms with Gasteiger partial charge in [-0.2, -0.15) is 0 Å². The number of nitrogens with zero attached hydrogens (tertiary/aromatic N) is 1. The van der Waals surface area contributed by atoms with Gasteiger partial charge in [-0.1, -0.05) is 48.5 Å². The van der Waals surface area contributed by atoms with E-state index in [4.69, 9.17) is 9.47 Å². The third-order valence-electron chi connectivity index (χ3n) is 6.18. The maximum atomic E-state index is 12.7. The first-order valence-corrected chi connectivity index (χ1v) is 9.91. The first-order valence-electron chi connectivity index (χ1n) is 9.91. The van der Waals surface area contributed by atoms with Crippen LogP contribution in [0.2, 0.25) is 0 Å². The molecule has 1 saturated carbocycles. The first-order chi connectivity index (χ1) is 14.0. The second-order valence-corrected chi connectivity index (χ2v) is 7.69. The van der Waals surface area contributed by atoms with Crippen molar-refractivity contribution in [3.63, 3.8) is 0 Å². The number of hydrogen-bond donors (Lipinski definition) is 1. The molecule has 2 aliphatic carbocycles. The standard InChI is InChI=1S/C23H25NO5/c1-3-28-15-12-23(13-15,21(25)26)24(2)22(27)29-14-20-18-10-6-4-8-16(18)17-9-5-7-11-19(17)20/h4-11,15,20H,3,12-14H2,1-2H3,(H,25,26). The van der Waals surface area contributed by atoms with E-state index in [-0.39, 0.29) is 31.5 Å². The maximum Gasteiger partial charge on any atom is 0.410 e. The predicted molar refractivity (Wildman–Crippen MR) is 108 cm³/mol. The molecule has 1 N–H and O–H groups in total. The number of amides is 1. The molecule has 2 aromatic carbocycles. The van der Waals surface area contributed by atoms with Gasteiger partial charge in [0.15, 0.2) is 0 Å². The van der Waals surface area contributed by atoms with Gasteiger partial charge in [0, 0.05) is 32.4 Å². The number of carbonyl (C=O) groups is 2. The van der Waals surface area contributed by atoms with E-state index in [1.807, 2.05) is 31.2 Å². The molecular formula is C23H25NO5. The molecule has 0 atom stereocenters. The maximum absolute atomic E-state index is 12.7. The Hall–Kier alpha value is -2.86. The number of hydrogen-bond acceptors (Lipinski definition) is 4. The van der Waals surface area contributed by atoms with Gasteiger partial charge in [-0.15, -0.1) is 0 Å². The molecule has 0 aliphatic heterocycles. The Morgan fingerprint density at radius 2 is 1.62 bits per heavy atom. The summed E-state index contributed by atoms with van der Waals surface area (Å²) in [4.78, 5) is 25.8. The minimum Gasteiger partial charge on any atom is -0.479 e. The zero-order chi connectivity index (χ0) is 20.6. The summed E-state index contributed by atoms with van der Waals surface area (Å²) in [5.41, 5.74) is 3.29. The molecule has 29 heavy (non-hydrogen) atoms. The van der Waals surface area contributed by atoms with Gasteiger partial charge >= 0.3 is 12.1 Å². The Morgan fingerprint density at radius 3 is 2.14 bits per heavy atom. The summed E-state index contributed by atoms with van der Waals surface area (Å²) < 4.78 is 11.1. The number of carboxylic acids is 1. The molecule has 0 saturated heterocycles. The van der Waals surface area contributed by atoms with Gasteiger partial charge < -0.3 is 14.6 Å². The van der Waals surface area contributed by atoms with Crippen molar-refractivity contribution < 1.29 is 24.2 Å². The molecule has 0 bridgehead atoms. The average molecular weight is 395 g/mol. The van der Waals surface area contributed by atoms with E-state index in [0.29, 0.717) is 6.61 Å². The van der Waals surface area contributed by atoms with E-state index >= 15 is 0 Å². The molecule has 0 aromatic heterocycles. The van der Waals surface area contributed by atoms with E-state index in [0.717, 1.165) is 22.3 Å². The lowest BCUT2D eigenvalue weighted by Gasteiger charge is -2.48. The summed E-state index contributed by atoms with van der Waals surface area (Å²) in [5, 5.41) is 9.72. The smallest absolute Gasteiger partial charge is 0.410 e. The minimum atomic E-state index is -1.26. The molecule has 2 aliphatic rings. The molecule has 4 rings (SSSR count). The fourth-order valence-electron chi connectivity index (χ4n) is 4.50. The van der Waals surface area contributed by atoms with E-state index in [1.165, 1.54) is 11.9 Å². The molecule has 2 aromatic rings. The highest BCUT2D eigenvalue weighted by Crippen LogP contribution is 2.45. The lowest BCUT2D eigenvalue weighted by atomic mass is 9.73. The van der Waals surface area contributed by atoms with E-state index in [9.17, 15) is 14.7 Å². The Morgan fingerprint density at radius 1 is 1.07 bits per heavy atom. The lowest BCUT2D eigenvalue weighted by molar-refractivity contribution is -0.168. The Bertz CT molecular complexity index is 889. The molecule has 0 unspecified atom stereocenters. The highest BCUT2D eigenvalue weighted by Gasteiger charge is 2.56. The monoisotopic (exact) mass is 395 g/mol. The van der Waals surface area contributed by atoms with Crippen molar-refractivity contribution in [2.75, 3.05) is 20.3 Å². The van der Waals surface area contributed by atoms with Crippen LogP contribution in [0.4, 0.5) is 4.79 Å². The van der Waals surface area contributed by atoms with Crippen LogP contribution >= 0.6 is 0 Å². The van der Waals surface area contributed by atoms with Gasteiger partial charge in [-0.25, -0.2) is 9.59 Å². The van der Waals surface area contributed by atoms with Crippen molar-refractivity contribution in [3.8, 4) is 11.1 Å². The quantitative estimate of drug-likeness (QED) is 0.803. The molecule has 1 amide bonds. The van der Waals surface area contributed by atoms with Crippen LogP contribution < -0.4 is 0 Å². The minimum absolute atomic E-state index is 0.0573. The number of fused-ring (bicyclic) bond motifs is 3. The third-order valence-corrected chi connectivity index (χ3v) is 6.18. The summed E-state index contributed by atoms with van der Waals surface area (Å²) in [5.74, 6) is -1.08. The van der Waals surface area contributed by atoms with Crippen LogP contribution in [-0.4, -0.2) is 54.0 Å². The zero-order valence-corrected chi connectivity index (χ0v) is 16.6. The van der Waals surface area contributed by atoms with Crippen LogP contribution in [0.15, 0.2) is 48.5 Å². The molecule has 6 heteroatoms. The highest BCUT2D eigenvalue weighted by atomic mass is 16.6. The van der Waals surface area contributed by atoms with Gasteiger partial charge in [-0.05, 0) is 29.2 Å². The molecule has 6 nitrogen and oxygen atoms in total. The van der Waals surface area contributed by atoms with Crippen molar-refractivity contribution in [1.82, 2.24) is 4.90 Å². The lowest BCUT2D eigenvalue weighted by Crippen LogP contribution is -2.65. The van der Waals surface area contributed by atoms with Gasteiger partial charge in [0.05, 0.1) is 6.10 Å². The van der Waals surface area contributed by atoms with Crippen LogP contribution in [0, 0.1) is 0 Å². The highest BCUT2D eigenvalue weighted by molar-refractivity contribution is 5.86. The van der Waals surface area contributed by atoms with E-state index in [1.54, 1.807) is 0 Å².